The average Bonchev–Trinajstić information content (AvgIpc) is 2.70. The van der Waals surface area contributed by atoms with Gasteiger partial charge in [0.25, 0.3) is 5.91 Å². The second-order valence-corrected chi connectivity index (χ2v) is 9.82. The summed E-state index contributed by atoms with van der Waals surface area (Å²) in [6.07, 6.45) is 2.16. The molecule has 2 aliphatic heterocycles. The first-order valence-corrected chi connectivity index (χ1v) is 10.4. The van der Waals surface area contributed by atoms with Gasteiger partial charge in [-0.15, -0.1) is 0 Å². The summed E-state index contributed by atoms with van der Waals surface area (Å²) in [7, 11) is -3.13. The highest BCUT2D eigenvalue weighted by Gasteiger charge is 2.46. The van der Waals surface area contributed by atoms with E-state index in [0.29, 0.717) is 32.0 Å². The first-order chi connectivity index (χ1) is 11.1. The van der Waals surface area contributed by atoms with E-state index in [4.69, 9.17) is 5.41 Å². The molecule has 7 nitrogen and oxygen atoms in total. The first-order valence-electron chi connectivity index (χ1n) is 8.75. The normalized spacial score (nSPS) is 27.1. The molecule has 2 aliphatic rings. The molecule has 2 heterocycles. The number of hydrogen-bond donors (Lipinski definition) is 2. The number of rotatable bonds is 6. The van der Waals surface area contributed by atoms with Crippen LogP contribution in [-0.4, -0.2) is 60.4 Å². The SMILES string of the molecule is CCS(=O)(=O)N1CCC(CN2C(=N)NC(C)(CC(C)C)C2=O)CC1. The van der Waals surface area contributed by atoms with Crippen LogP contribution < -0.4 is 5.32 Å². The molecule has 2 rings (SSSR count). The summed E-state index contributed by atoms with van der Waals surface area (Å²) < 4.78 is 25.4. The minimum Gasteiger partial charge on any atom is -0.342 e. The van der Waals surface area contributed by atoms with E-state index in [1.165, 1.54) is 4.90 Å². The van der Waals surface area contributed by atoms with E-state index in [1.807, 2.05) is 6.92 Å². The van der Waals surface area contributed by atoms with Crippen molar-refractivity contribution in [3.8, 4) is 0 Å². The highest BCUT2D eigenvalue weighted by molar-refractivity contribution is 7.89. The minimum atomic E-state index is -3.13. The number of carbonyl (C=O) groups excluding carboxylic acids is 1. The monoisotopic (exact) mass is 358 g/mol. The lowest BCUT2D eigenvalue weighted by atomic mass is 9.90. The van der Waals surface area contributed by atoms with E-state index < -0.39 is 15.6 Å². The fraction of sp³-hybridized carbons (Fsp3) is 0.875. The summed E-state index contributed by atoms with van der Waals surface area (Å²) in [4.78, 5) is 14.3. The summed E-state index contributed by atoms with van der Waals surface area (Å²) in [6.45, 7) is 9.16. The fourth-order valence-electron chi connectivity index (χ4n) is 3.72. The van der Waals surface area contributed by atoms with Gasteiger partial charge in [-0.25, -0.2) is 12.7 Å². The van der Waals surface area contributed by atoms with Crippen LogP contribution in [0.4, 0.5) is 0 Å². The molecule has 1 unspecified atom stereocenters. The van der Waals surface area contributed by atoms with Crippen LogP contribution in [0.5, 0.6) is 0 Å². The Hall–Kier alpha value is -1.15. The molecular weight excluding hydrogens is 328 g/mol. The highest BCUT2D eigenvalue weighted by atomic mass is 32.2. The topological polar surface area (TPSA) is 93.6 Å². The number of amides is 1. The third kappa shape index (κ3) is 3.91. The van der Waals surface area contributed by atoms with Gasteiger partial charge in [0.05, 0.1) is 5.75 Å². The molecule has 2 N–H and O–H groups in total. The van der Waals surface area contributed by atoms with E-state index in [9.17, 15) is 13.2 Å². The lowest BCUT2D eigenvalue weighted by Crippen LogP contribution is -2.46. The van der Waals surface area contributed by atoms with Gasteiger partial charge in [0, 0.05) is 19.6 Å². The summed E-state index contributed by atoms with van der Waals surface area (Å²) in [5, 5.41) is 11.2. The van der Waals surface area contributed by atoms with Crippen molar-refractivity contribution in [2.45, 2.75) is 52.5 Å². The first kappa shape index (κ1) is 19.2. The van der Waals surface area contributed by atoms with Crippen molar-refractivity contribution in [2.75, 3.05) is 25.4 Å². The molecule has 8 heteroatoms. The van der Waals surface area contributed by atoms with Crippen LogP contribution in [0.3, 0.4) is 0 Å². The molecule has 0 spiro atoms. The van der Waals surface area contributed by atoms with Crippen LogP contribution in [0.25, 0.3) is 0 Å². The number of nitrogens with one attached hydrogen (secondary N) is 2. The van der Waals surface area contributed by atoms with E-state index in [-0.39, 0.29) is 23.5 Å². The Morgan fingerprint density at radius 1 is 1.33 bits per heavy atom. The average molecular weight is 359 g/mol. The van der Waals surface area contributed by atoms with Gasteiger partial charge in [-0.1, -0.05) is 13.8 Å². The van der Waals surface area contributed by atoms with Gasteiger partial charge in [0.15, 0.2) is 5.96 Å². The zero-order chi connectivity index (χ0) is 18.1. The molecule has 0 saturated carbocycles. The molecule has 0 aromatic rings. The van der Waals surface area contributed by atoms with Gasteiger partial charge in [-0.3, -0.25) is 15.1 Å². The molecule has 2 fully saturated rings. The van der Waals surface area contributed by atoms with Crippen molar-refractivity contribution >= 4 is 21.9 Å². The van der Waals surface area contributed by atoms with E-state index in [0.717, 1.165) is 12.8 Å². The number of hydrogen-bond acceptors (Lipinski definition) is 4. The van der Waals surface area contributed by atoms with E-state index >= 15 is 0 Å². The van der Waals surface area contributed by atoms with Gasteiger partial charge < -0.3 is 5.32 Å². The molecule has 24 heavy (non-hydrogen) atoms. The number of nitrogens with zero attached hydrogens (tertiary/aromatic N) is 2. The fourth-order valence-corrected chi connectivity index (χ4v) is 4.85. The van der Waals surface area contributed by atoms with Crippen molar-refractivity contribution in [2.24, 2.45) is 11.8 Å². The van der Waals surface area contributed by atoms with Crippen molar-refractivity contribution in [3.63, 3.8) is 0 Å². The van der Waals surface area contributed by atoms with Crippen LogP contribution >= 0.6 is 0 Å². The van der Waals surface area contributed by atoms with Crippen LogP contribution in [-0.2, 0) is 14.8 Å². The molecule has 0 aromatic carbocycles. The van der Waals surface area contributed by atoms with Gasteiger partial charge >= 0.3 is 0 Å². The van der Waals surface area contributed by atoms with E-state index in [1.54, 1.807) is 11.2 Å². The molecular formula is C16H30N4O3S. The van der Waals surface area contributed by atoms with E-state index in [2.05, 4.69) is 19.2 Å². The molecule has 2 saturated heterocycles. The smallest absolute Gasteiger partial charge is 0.254 e. The maximum absolute atomic E-state index is 12.7. The summed E-state index contributed by atoms with van der Waals surface area (Å²) in [5.74, 6) is 0.865. The van der Waals surface area contributed by atoms with Crippen LogP contribution in [0.2, 0.25) is 0 Å². The number of carbonyl (C=O) groups is 1. The Labute approximate surface area is 145 Å². The molecule has 0 aromatic heterocycles. The molecule has 138 valence electrons. The van der Waals surface area contributed by atoms with Crippen molar-refractivity contribution in [3.05, 3.63) is 0 Å². The molecule has 0 aliphatic carbocycles. The lowest BCUT2D eigenvalue weighted by Gasteiger charge is -2.32. The molecule has 1 amide bonds. The Kier molecular flexibility index (Phi) is 5.59. The van der Waals surface area contributed by atoms with Gasteiger partial charge in [0.1, 0.15) is 5.54 Å². The van der Waals surface area contributed by atoms with Gasteiger partial charge in [0.2, 0.25) is 10.0 Å². The largest absolute Gasteiger partial charge is 0.342 e. The van der Waals surface area contributed by atoms with Crippen LogP contribution in [0.15, 0.2) is 0 Å². The quantitative estimate of drug-likeness (QED) is 0.746. The number of sulfonamides is 1. The minimum absolute atomic E-state index is 0.0372. The maximum Gasteiger partial charge on any atom is 0.254 e. The lowest BCUT2D eigenvalue weighted by molar-refractivity contribution is -0.131. The molecule has 1 atom stereocenters. The summed E-state index contributed by atoms with van der Waals surface area (Å²) in [5.41, 5.74) is -0.697. The highest BCUT2D eigenvalue weighted by Crippen LogP contribution is 2.27. The summed E-state index contributed by atoms with van der Waals surface area (Å²) >= 11 is 0. The Morgan fingerprint density at radius 2 is 1.92 bits per heavy atom. The molecule has 0 radical (unpaired) electrons. The third-order valence-electron chi connectivity index (χ3n) is 4.97. The zero-order valence-electron chi connectivity index (χ0n) is 15.1. The second-order valence-electron chi connectivity index (χ2n) is 7.56. The number of guanidine groups is 1. The molecule has 0 bridgehead atoms. The maximum atomic E-state index is 12.7. The Balaban J connectivity index is 1.96. The Morgan fingerprint density at radius 3 is 2.42 bits per heavy atom. The van der Waals surface area contributed by atoms with Crippen molar-refractivity contribution < 1.29 is 13.2 Å². The summed E-state index contributed by atoms with van der Waals surface area (Å²) in [6, 6.07) is 0. The van der Waals surface area contributed by atoms with Gasteiger partial charge in [-0.2, -0.15) is 0 Å². The second kappa shape index (κ2) is 7.00. The predicted molar refractivity (Wildman–Crippen MR) is 94.2 cm³/mol. The van der Waals surface area contributed by atoms with Crippen LogP contribution in [0, 0.1) is 17.2 Å². The number of piperidine rings is 1. The van der Waals surface area contributed by atoms with Gasteiger partial charge in [-0.05, 0) is 44.9 Å². The standard InChI is InChI=1S/C16H30N4O3S/c1-5-24(22,23)19-8-6-13(7-9-19)11-20-14(21)16(4,10-12(2)3)18-15(20)17/h12-13H,5-11H2,1-4H3,(H2,17,18). The Bertz CT molecular complexity index is 596. The third-order valence-corrected chi connectivity index (χ3v) is 6.85. The van der Waals surface area contributed by atoms with Crippen molar-refractivity contribution in [1.29, 1.82) is 5.41 Å². The van der Waals surface area contributed by atoms with Crippen LogP contribution in [0.1, 0.15) is 47.0 Å². The van der Waals surface area contributed by atoms with Crippen molar-refractivity contribution in [1.82, 2.24) is 14.5 Å². The zero-order valence-corrected chi connectivity index (χ0v) is 15.9. The predicted octanol–water partition coefficient (Wildman–Crippen LogP) is 1.22.